The number of aromatic nitrogens is 1. The van der Waals surface area contributed by atoms with Gasteiger partial charge in [0.05, 0.1) is 0 Å². The molecule has 8 heteroatoms. The van der Waals surface area contributed by atoms with Gasteiger partial charge in [-0.05, 0) is 41.3 Å². The highest BCUT2D eigenvalue weighted by Crippen LogP contribution is 2.42. The summed E-state index contributed by atoms with van der Waals surface area (Å²) in [5, 5.41) is 3.82. The number of fused-ring (bicyclic) bond motifs is 4. The monoisotopic (exact) mass is 418 g/mol. The largest absolute Gasteiger partial charge is 0.311 e. The van der Waals surface area contributed by atoms with Gasteiger partial charge in [-0.2, -0.15) is 4.31 Å². The summed E-state index contributed by atoms with van der Waals surface area (Å²) >= 11 is 2.90. The van der Waals surface area contributed by atoms with Crippen LogP contribution in [0.15, 0.2) is 56.2 Å². The molecule has 2 bridgehead atoms. The lowest BCUT2D eigenvalue weighted by atomic mass is 9.82. The summed E-state index contributed by atoms with van der Waals surface area (Å²) in [5.74, 6) is 0.209. The summed E-state index contributed by atoms with van der Waals surface area (Å²) in [6.45, 7) is 1.49. The lowest BCUT2D eigenvalue weighted by Gasteiger charge is -2.42. The first kappa shape index (κ1) is 17.4. The molecular weight excluding hydrogens is 400 g/mol. The van der Waals surface area contributed by atoms with Crippen molar-refractivity contribution in [3.63, 3.8) is 0 Å². The zero-order valence-electron chi connectivity index (χ0n) is 14.4. The summed E-state index contributed by atoms with van der Waals surface area (Å²) in [6.07, 6.45) is 0.929. The second-order valence-corrected chi connectivity index (χ2v) is 11.2. The molecule has 1 saturated heterocycles. The molecule has 3 aromatic heterocycles. The van der Waals surface area contributed by atoms with Gasteiger partial charge >= 0.3 is 0 Å². The third-order valence-electron chi connectivity index (χ3n) is 5.43. The Morgan fingerprint density at radius 2 is 1.78 bits per heavy atom. The van der Waals surface area contributed by atoms with Crippen LogP contribution in [-0.4, -0.2) is 30.4 Å². The van der Waals surface area contributed by atoms with Crippen LogP contribution in [0.4, 0.5) is 0 Å². The van der Waals surface area contributed by atoms with Crippen LogP contribution in [0.25, 0.3) is 10.4 Å². The van der Waals surface area contributed by atoms with Gasteiger partial charge in [0.1, 0.15) is 4.21 Å². The van der Waals surface area contributed by atoms with Crippen molar-refractivity contribution in [2.45, 2.75) is 23.1 Å². The fourth-order valence-electron chi connectivity index (χ4n) is 4.34. The first-order valence-electron chi connectivity index (χ1n) is 8.85. The zero-order valence-corrected chi connectivity index (χ0v) is 16.9. The quantitative estimate of drug-likeness (QED) is 0.655. The van der Waals surface area contributed by atoms with Crippen LogP contribution in [0, 0.1) is 5.92 Å². The second kappa shape index (κ2) is 6.41. The van der Waals surface area contributed by atoms with Crippen LogP contribution in [0.5, 0.6) is 0 Å². The highest BCUT2D eigenvalue weighted by Gasteiger charge is 2.40. The highest BCUT2D eigenvalue weighted by atomic mass is 32.2. The average molecular weight is 419 g/mol. The first-order chi connectivity index (χ1) is 13.0. The second-order valence-electron chi connectivity index (χ2n) is 7.11. The predicted octanol–water partition coefficient (Wildman–Crippen LogP) is 3.45. The minimum Gasteiger partial charge on any atom is -0.311 e. The van der Waals surface area contributed by atoms with Crippen molar-refractivity contribution in [2.75, 3.05) is 13.1 Å². The first-order valence-corrected chi connectivity index (χ1v) is 12.1. The van der Waals surface area contributed by atoms with Crippen molar-refractivity contribution in [3.05, 3.63) is 63.2 Å². The molecule has 0 N–H and O–H groups in total. The lowest BCUT2D eigenvalue weighted by molar-refractivity contribution is 0.187. The van der Waals surface area contributed by atoms with E-state index in [4.69, 9.17) is 0 Å². The minimum atomic E-state index is -3.47. The minimum absolute atomic E-state index is 0.00886. The fraction of sp³-hybridized carbons (Fsp3) is 0.316. The maximum Gasteiger partial charge on any atom is 0.252 e. The van der Waals surface area contributed by atoms with Crippen LogP contribution < -0.4 is 5.56 Å². The molecule has 27 heavy (non-hydrogen) atoms. The van der Waals surface area contributed by atoms with Gasteiger partial charge in [0.25, 0.3) is 15.6 Å². The van der Waals surface area contributed by atoms with Crippen LogP contribution in [0.1, 0.15) is 18.0 Å². The maximum atomic E-state index is 13.0. The number of piperidine rings is 1. The molecule has 5 rings (SSSR count). The molecule has 0 spiro atoms. The van der Waals surface area contributed by atoms with Gasteiger partial charge in [0, 0.05) is 47.8 Å². The predicted molar refractivity (Wildman–Crippen MR) is 108 cm³/mol. The van der Waals surface area contributed by atoms with E-state index in [0.717, 1.165) is 22.6 Å². The Kier molecular flexibility index (Phi) is 4.12. The molecule has 2 aliphatic heterocycles. The number of rotatable bonds is 3. The number of thiophene rings is 2. The Hall–Kier alpha value is -1.74. The maximum absolute atomic E-state index is 13.0. The van der Waals surface area contributed by atoms with Crippen molar-refractivity contribution in [3.8, 4) is 10.4 Å². The fourth-order valence-corrected chi connectivity index (χ4v) is 7.81. The smallest absolute Gasteiger partial charge is 0.252 e. The molecule has 0 radical (unpaired) electrons. The molecule has 2 aliphatic rings. The van der Waals surface area contributed by atoms with E-state index in [0.29, 0.717) is 23.8 Å². The van der Waals surface area contributed by atoms with Crippen molar-refractivity contribution >= 4 is 32.7 Å². The molecule has 0 aliphatic carbocycles. The van der Waals surface area contributed by atoms with Gasteiger partial charge in [-0.1, -0.05) is 12.1 Å². The summed E-state index contributed by atoms with van der Waals surface area (Å²) in [4.78, 5) is 13.6. The van der Waals surface area contributed by atoms with Gasteiger partial charge in [-0.15, -0.1) is 22.7 Å². The number of nitrogens with zero attached hydrogens (tertiary/aromatic N) is 2. The Labute approximate surface area is 165 Å². The Balaban J connectivity index is 1.60. The zero-order chi connectivity index (χ0) is 18.6. The van der Waals surface area contributed by atoms with E-state index in [2.05, 4.69) is 6.07 Å². The van der Waals surface area contributed by atoms with Crippen LogP contribution in [0.3, 0.4) is 0 Å². The topological polar surface area (TPSA) is 59.4 Å². The van der Waals surface area contributed by atoms with E-state index in [1.807, 2.05) is 22.1 Å². The van der Waals surface area contributed by atoms with Crippen LogP contribution in [0.2, 0.25) is 0 Å². The number of pyridine rings is 1. The molecule has 0 saturated carbocycles. The molecule has 140 valence electrons. The summed E-state index contributed by atoms with van der Waals surface area (Å²) in [7, 11) is -3.47. The van der Waals surface area contributed by atoms with Crippen molar-refractivity contribution in [1.29, 1.82) is 0 Å². The van der Waals surface area contributed by atoms with Crippen LogP contribution in [-0.2, 0) is 16.6 Å². The summed E-state index contributed by atoms with van der Waals surface area (Å²) < 4.78 is 30.0. The van der Waals surface area contributed by atoms with E-state index in [-0.39, 0.29) is 17.4 Å². The van der Waals surface area contributed by atoms with E-state index in [9.17, 15) is 13.2 Å². The molecule has 5 heterocycles. The van der Waals surface area contributed by atoms with E-state index in [1.165, 1.54) is 11.3 Å². The molecule has 0 amide bonds. The van der Waals surface area contributed by atoms with Gasteiger partial charge in [0.2, 0.25) is 0 Å². The van der Waals surface area contributed by atoms with E-state index in [1.54, 1.807) is 39.2 Å². The Bertz CT molecular complexity index is 1130. The molecular formula is C19H18N2O3S3. The van der Waals surface area contributed by atoms with E-state index >= 15 is 0 Å². The van der Waals surface area contributed by atoms with Gasteiger partial charge < -0.3 is 4.57 Å². The SMILES string of the molecule is O=c1ccc(-c2cccs2)c2n1C[C@H]1C[C@H]2CN(S(=O)(=O)c2cccs2)C1. The average Bonchev–Trinajstić information content (AvgIpc) is 3.36. The third-order valence-corrected chi connectivity index (χ3v) is 9.54. The van der Waals surface area contributed by atoms with Crippen LogP contribution >= 0.6 is 22.7 Å². The highest BCUT2D eigenvalue weighted by molar-refractivity contribution is 7.91. The Morgan fingerprint density at radius 3 is 2.52 bits per heavy atom. The molecule has 3 aromatic rings. The molecule has 2 atom stereocenters. The summed E-state index contributed by atoms with van der Waals surface area (Å²) in [5.41, 5.74) is 2.06. The molecule has 5 nitrogen and oxygen atoms in total. The molecule has 0 aromatic carbocycles. The molecule has 0 unspecified atom stereocenters. The lowest BCUT2D eigenvalue weighted by Crippen LogP contribution is -2.49. The van der Waals surface area contributed by atoms with Crippen molar-refractivity contribution < 1.29 is 8.42 Å². The normalized spacial score (nSPS) is 22.5. The third kappa shape index (κ3) is 2.82. The number of hydrogen-bond donors (Lipinski definition) is 0. The number of hydrogen-bond acceptors (Lipinski definition) is 5. The van der Waals surface area contributed by atoms with Gasteiger partial charge in [-0.3, -0.25) is 4.79 Å². The van der Waals surface area contributed by atoms with E-state index < -0.39 is 10.0 Å². The van der Waals surface area contributed by atoms with Crippen molar-refractivity contribution in [2.24, 2.45) is 5.92 Å². The number of sulfonamides is 1. The Morgan fingerprint density at radius 1 is 0.963 bits per heavy atom. The van der Waals surface area contributed by atoms with Gasteiger partial charge in [0.15, 0.2) is 0 Å². The molecule has 1 fully saturated rings. The standard InChI is InChI=1S/C19H18N2O3S3/c22-17-6-5-15(16-3-1-7-25-16)19-14-9-13(11-21(17)19)10-20(12-14)27(23,24)18-4-2-8-26-18/h1-8,13-14H,9-12H2/t13-,14-/m0/s1. The summed E-state index contributed by atoms with van der Waals surface area (Å²) in [6, 6.07) is 11.0. The van der Waals surface area contributed by atoms with Crippen molar-refractivity contribution in [1.82, 2.24) is 8.87 Å². The van der Waals surface area contributed by atoms with Gasteiger partial charge in [-0.25, -0.2) is 8.42 Å².